The van der Waals surface area contributed by atoms with Crippen molar-refractivity contribution < 1.29 is 14.7 Å². The Morgan fingerprint density at radius 1 is 1.45 bits per heavy atom. The van der Waals surface area contributed by atoms with Gasteiger partial charge in [-0.25, -0.2) is 4.79 Å². The normalized spacial score (nSPS) is 11.7. The number of carboxylic acid groups (broad SMARTS) is 1. The summed E-state index contributed by atoms with van der Waals surface area (Å²) in [6, 6.07) is 6.31. The Hall–Kier alpha value is -1.46. The summed E-state index contributed by atoms with van der Waals surface area (Å²) < 4.78 is 0. The molecule has 0 fully saturated rings. The molecule has 0 aromatic heterocycles. The molecular formula is C14H16ClNO3S. The average molecular weight is 314 g/mol. The maximum atomic E-state index is 11.7. The number of carboxylic acids is 1. The minimum absolute atomic E-state index is 0.127. The fraction of sp³-hybridized carbons (Fsp3) is 0.286. The maximum Gasteiger partial charge on any atom is 0.326 e. The van der Waals surface area contributed by atoms with E-state index in [-0.39, 0.29) is 11.7 Å². The first-order valence-electron chi connectivity index (χ1n) is 6.05. The maximum absolute atomic E-state index is 11.7. The second kappa shape index (κ2) is 8.66. The lowest BCUT2D eigenvalue weighted by Crippen LogP contribution is -2.41. The van der Waals surface area contributed by atoms with Crippen LogP contribution in [0.2, 0.25) is 5.02 Å². The van der Waals surface area contributed by atoms with E-state index in [0.717, 1.165) is 4.90 Å². The number of nitrogens with one attached hydrogen (secondary N) is 1. The molecule has 0 spiro atoms. The number of hydrogen-bond donors (Lipinski definition) is 2. The summed E-state index contributed by atoms with van der Waals surface area (Å²) in [7, 11) is 0. The van der Waals surface area contributed by atoms with E-state index >= 15 is 0 Å². The summed E-state index contributed by atoms with van der Waals surface area (Å²) in [4.78, 5) is 23.5. The molecule has 1 amide bonds. The lowest BCUT2D eigenvalue weighted by atomic mass is 10.1. The van der Waals surface area contributed by atoms with Crippen LogP contribution >= 0.6 is 23.4 Å². The van der Waals surface area contributed by atoms with Crippen molar-refractivity contribution in [1.29, 1.82) is 0 Å². The first-order valence-corrected chi connectivity index (χ1v) is 7.41. The van der Waals surface area contributed by atoms with Crippen LogP contribution in [0.5, 0.6) is 0 Å². The molecule has 4 nitrogen and oxygen atoms in total. The number of halogens is 1. The second-order valence-corrected chi connectivity index (χ2v) is 5.47. The highest BCUT2D eigenvalue weighted by atomic mass is 35.5. The summed E-state index contributed by atoms with van der Waals surface area (Å²) in [6.45, 7) is 3.53. The third-order valence-corrected chi connectivity index (χ3v) is 4.00. The highest BCUT2D eigenvalue weighted by Gasteiger charge is 2.19. The SMILES string of the molecule is C=CCCC(NC(=O)CSc1ccccc1Cl)C(=O)O. The van der Waals surface area contributed by atoms with E-state index in [4.69, 9.17) is 16.7 Å². The molecule has 20 heavy (non-hydrogen) atoms. The monoisotopic (exact) mass is 313 g/mol. The number of carbonyl (C=O) groups excluding carboxylic acids is 1. The highest BCUT2D eigenvalue weighted by molar-refractivity contribution is 8.00. The Morgan fingerprint density at radius 2 is 2.15 bits per heavy atom. The van der Waals surface area contributed by atoms with Crippen molar-refractivity contribution in [2.75, 3.05) is 5.75 Å². The van der Waals surface area contributed by atoms with E-state index in [1.165, 1.54) is 11.8 Å². The molecule has 0 aliphatic rings. The zero-order chi connectivity index (χ0) is 15.0. The van der Waals surface area contributed by atoms with Crippen LogP contribution in [0.15, 0.2) is 41.8 Å². The molecule has 1 unspecified atom stereocenters. The highest BCUT2D eigenvalue weighted by Crippen LogP contribution is 2.26. The van der Waals surface area contributed by atoms with Gasteiger partial charge < -0.3 is 10.4 Å². The van der Waals surface area contributed by atoms with Gasteiger partial charge in [-0.2, -0.15) is 0 Å². The molecule has 0 heterocycles. The van der Waals surface area contributed by atoms with E-state index in [0.29, 0.717) is 17.9 Å². The van der Waals surface area contributed by atoms with E-state index in [1.54, 1.807) is 12.1 Å². The summed E-state index contributed by atoms with van der Waals surface area (Å²) in [5, 5.41) is 12.1. The number of benzene rings is 1. The third kappa shape index (κ3) is 5.67. The van der Waals surface area contributed by atoms with Crippen molar-refractivity contribution in [3.05, 3.63) is 41.9 Å². The average Bonchev–Trinajstić information content (AvgIpc) is 2.42. The zero-order valence-corrected chi connectivity index (χ0v) is 12.4. The van der Waals surface area contributed by atoms with Gasteiger partial charge in [-0.1, -0.05) is 29.8 Å². The van der Waals surface area contributed by atoms with Gasteiger partial charge in [0.15, 0.2) is 0 Å². The van der Waals surface area contributed by atoms with Crippen molar-refractivity contribution in [3.8, 4) is 0 Å². The number of amides is 1. The van der Waals surface area contributed by atoms with E-state index in [1.807, 2.05) is 18.2 Å². The number of hydrogen-bond acceptors (Lipinski definition) is 3. The summed E-state index contributed by atoms with van der Waals surface area (Å²) in [6.07, 6.45) is 2.50. The zero-order valence-electron chi connectivity index (χ0n) is 10.8. The van der Waals surface area contributed by atoms with Gasteiger partial charge in [0.2, 0.25) is 5.91 Å². The van der Waals surface area contributed by atoms with Crippen LogP contribution in [0.25, 0.3) is 0 Å². The number of rotatable bonds is 8. The lowest BCUT2D eigenvalue weighted by Gasteiger charge is -2.13. The Bertz CT molecular complexity index is 493. The molecule has 0 aliphatic heterocycles. The van der Waals surface area contributed by atoms with Crippen LogP contribution in [-0.2, 0) is 9.59 Å². The third-order valence-electron chi connectivity index (χ3n) is 2.49. The van der Waals surface area contributed by atoms with Crippen molar-refractivity contribution in [2.45, 2.75) is 23.8 Å². The van der Waals surface area contributed by atoms with Gasteiger partial charge in [-0.15, -0.1) is 18.3 Å². The first-order chi connectivity index (χ1) is 9.54. The lowest BCUT2D eigenvalue weighted by molar-refractivity contribution is -0.141. The number of aliphatic carboxylic acids is 1. The van der Waals surface area contributed by atoms with Crippen LogP contribution in [0.3, 0.4) is 0 Å². The van der Waals surface area contributed by atoms with Crippen LogP contribution < -0.4 is 5.32 Å². The molecule has 0 radical (unpaired) electrons. The predicted octanol–water partition coefficient (Wildman–Crippen LogP) is 2.97. The molecule has 108 valence electrons. The van der Waals surface area contributed by atoms with Crippen LogP contribution in [0, 0.1) is 0 Å². The smallest absolute Gasteiger partial charge is 0.326 e. The van der Waals surface area contributed by atoms with E-state index in [9.17, 15) is 9.59 Å². The minimum atomic E-state index is -1.04. The molecule has 1 atom stereocenters. The molecular weight excluding hydrogens is 298 g/mol. The number of thioether (sulfide) groups is 1. The van der Waals surface area contributed by atoms with Gasteiger partial charge in [-0.3, -0.25) is 4.79 Å². The van der Waals surface area contributed by atoms with E-state index in [2.05, 4.69) is 11.9 Å². The van der Waals surface area contributed by atoms with Crippen LogP contribution in [-0.4, -0.2) is 28.8 Å². The second-order valence-electron chi connectivity index (χ2n) is 4.04. The molecule has 1 aromatic rings. The molecule has 1 aromatic carbocycles. The number of allylic oxidation sites excluding steroid dienone is 1. The molecule has 2 N–H and O–H groups in total. The van der Waals surface area contributed by atoms with Crippen molar-refractivity contribution >= 4 is 35.2 Å². The molecule has 0 bridgehead atoms. The van der Waals surface area contributed by atoms with Gasteiger partial charge in [0.25, 0.3) is 0 Å². The fourth-order valence-corrected chi connectivity index (χ4v) is 2.53. The van der Waals surface area contributed by atoms with Crippen LogP contribution in [0.4, 0.5) is 0 Å². The van der Waals surface area contributed by atoms with Gasteiger partial charge in [0.05, 0.1) is 10.8 Å². The van der Waals surface area contributed by atoms with Gasteiger partial charge >= 0.3 is 5.97 Å². The van der Waals surface area contributed by atoms with Crippen molar-refractivity contribution in [1.82, 2.24) is 5.32 Å². The molecule has 0 saturated carbocycles. The standard InChI is InChI=1S/C14H16ClNO3S/c1-2-3-7-11(14(18)19)16-13(17)9-20-12-8-5-4-6-10(12)15/h2,4-6,8,11H,1,3,7,9H2,(H,16,17)(H,18,19). The Kier molecular flexibility index (Phi) is 7.18. The van der Waals surface area contributed by atoms with Crippen molar-refractivity contribution in [3.63, 3.8) is 0 Å². The predicted molar refractivity (Wildman–Crippen MR) is 81.2 cm³/mol. The van der Waals surface area contributed by atoms with Gasteiger partial charge in [0.1, 0.15) is 6.04 Å². The fourth-order valence-electron chi connectivity index (χ4n) is 1.48. The minimum Gasteiger partial charge on any atom is -0.480 e. The topological polar surface area (TPSA) is 66.4 Å². The Balaban J connectivity index is 2.48. The summed E-state index contributed by atoms with van der Waals surface area (Å²) >= 11 is 7.25. The molecule has 6 heteroatoms. The van der Waals surface area contributed by atoms with Gasteiger partial charge in [0, 0.05) is 4.90 Å². The summed E-state index contributed by atoms with van der Waals surface area (Å²) in [5.41, 5.74) is 0. The first kappa shape index (κ1) is 16.6. The largest absolute Gasteiger partial charge is 0.480 e. The van der Waals surface area contributed by atoms with Crippen LogP contribution in [0.1, 0.15) is 12.8 Å². The Labute approximate surface area is 127 Å². The van der Waals surface area contributed by atoms with Gasteiger partial charge in [-0.05, 0) is 25.0 Å². The molecule has 0 saturated heterocycles. The van der Waals surface area contributed by atoms with Crippen molar-refractivity contribution in [2.24, 2.45) is 0 Å². The quantitative estimate of drug-likeness (QED) is 0.572. The van der Waals surface area contributed by atoms with E-state index < -0.39 is 12.0 Å². The summed E-state index contributed by atoms with van der Waals surface area (Å²) in [5.74, 6) is -1.24. The number of carbonyl (C=O) groups is 2. The molecule has 0 aliphatic carbocycles. The Morgan fingerprint density at radius 3 is 2.75 bits per heavy atom. The molecule has 1 rings (SSSR count).